The first kappa shape index (κ1) is 23.3. The van der Waals surface area contributed by atoms with Crippen LogP contribution in [-0.4, -0.2) is 33.5 Å². The molecule has 0 fully saturated rings. The summed E-state index contributed by atoms with van der Waals surface area (Å²) in [5.74, 6) is -1.21. The molecule has 1 heterocycles. The number of hydrogen-bond donors (Lipinski definition) is 2. The minimum absolute atomic E-state index is 0.0453. The number of carboxylic acids is 2. The highest BCUT2D eigenvalue weighted by molar-refractivity contribution is 6.01. The van der Waals surface area contributed by atoms with Gasteiger partial charge in [-0.25, -0.2) is 0 Å². The Morgan fingerprint density at radius 1 is 1.03 bits per heavy atom. The largest absolute Gasteiger partial charge is 0.488 e. The second-order valence-corrected chi connectivity index (χ2v) is 8.12. The standard InChI is InChI=1S/C25H28O7/c1-2-6-19-21(31-16-17-7-4-3-5-8-17)10-9-18-20(26)15-25(32-24(18)19,13-11-22(27)28)14-12-23(29)30/h3-5,7-10H,2,6,11-16H2,1H3,(H,27,28)(H,29,30). The number of hydrogen-bond acceptors (Lipinski definition) is 5. The van der Waals surface area contributed by atoms with Gasteiger partial charge in [-0.15, -0.1) is 0 Å². The number of rotatable bonds is 11. The van der Waals surface area contributed by atoms with Crippen LogP contribution in [0.2, 0.25) is 0 Å². The van der Waals surface area contributed by atoms with Crippen LogP contribution in [0.5, 0.6) is 11.5 Å². The molecule has 7 nitrogen and oxygen atoms in total. The number of aliphatic carboxylic acids is 2. The first-order valence-electron chi connectivity index (χ1n) is 10.8. The molecule has 0 saturated heterocycles. The number of carboxylic acid groups (broad SMARTS) is 2. The fraction of sp³-hybridized carbons (Fsp3) is 0.400. The van der Waals surface area contributed by atoms with E-state index in [-0.39, 0.29) is 37.9 Å². The fourth-order valence-electron chi connectivity index (χ4n) is 4.02. The lowest BCUT2D eigenvalue weighted by Gasteiger charge is -2.39. The van der Waals surface area contributed by atoms with Gasteiger partial charge in [-0.05, 0) is 37.0 Å². The molecule has 0 aromatic heterocycles. The summed E-state index contributed by atoms with van der Waals surface area (Å²) in [6.45, 7) is 2.36. The molecule has 0 amide bonds. The fourth-order valence-corrected chi connectivity index (χ4v) is 4.02. The van der Waals surface area contributed by atoms with Crippen LogP contribution in [-0.2, 0) is 22.6 Å². The Labute approximate surface area is 187 Å². The quantitative estimate of drug-likeness (QED) is 0.523. The Morgan fingerprint density at radius 3 is 2.28 bits per heavy atom. The molecule has 0 spiro atoms. The van der Waals surface area contributed by atoms with Crippen LogP contribution in [0.3, 0.4) is 0 Å². The van der Waals surface area contributed by atoms with Crippen LogP contribution in [0.4, 0.5) is 0 Å². The van der Waals surface area contributed by atoms with E-state index in [1.165, 1.54) is 0 Å². The molecule has 1 aliphatic rings. The van der Waals surface area contributed by atoms with Gasteiger partial charge in [0.05, 0.1) is 12.0 Å². The molecule has 7 heteroatoms. The normalized spacial score (nSPS) is 14.3. The van der Waals surface area contributed by atoms with Crippen molar-refractivity contribution >= 4 is 17.7 Å². The van der Waals surface area contributed by atoms with Crippen LogP contribution in [0.25, 0.3) is 0 Å². The first-order valence-corrected chi connectivity index (χ1v) is 10.8. The summed E-state index contributed by atoms with van der Waals surface area (Å²) in [4.78, 5) is 35.5. The topological polar surface area (TPSA) is 110 Å². The van der Waals surface area contributed by atoms with E-state index in [2.05, 4.69) is 0 Å². The van der Waals surface area contributed by atoms with Crippen LogP contribution < -0.4 is 9.47 Å². The zero-order valence-corrected chi connectivity index (χ0v) is 18.1. The highest BCUT2D eigenvalue weighted by atomic mass is 16.5. The van der Waals surface area contributed by atoms with Crippen LogP contribution in [0.15, 0.2) is 42.5 Å². The van der Waals surface area contributed by atoms with Crippen molar-refractivity contribution in [1.29, 1.82) is 0 Å². The van der Waals surface area contributed by atoms with Crippen LogP contribution in [0, 0.1) is 0 Å². The third-order valence-electron chi connectivity index (χ3n) is 5.65. The summed E-state index contributed by atoms with van der Waals surface area (Å²) in [6, 6.07) is 13.2. The third kappa shape index (κ3) is 5.66. The minimum atomic E-state index is -1.17. The number of ether oxygens (including phenoxy) is 2. The van der Waals surface area contributed by atoms with Crippen molar-refractivity contribution in [2.45, 2.75) is 64.1 Å². The summed E-state index contributed by atoms with van der Waals surface area (Å²) >= 11 is 0. The smallest absolute Gasteiger partial charge is 0.303 e. The molecule has 3 rings (SSSR count). The number of benzene rings is 2. The molecule has 1 aliphatic heterocycles. The molecule has 2 aromatic carbocycles. The number of carbonyl (C=O) groups excluding carboxylic acids is 1. The van der Waals surface area contributed by atoms with E-state index in [9.17, 15) is 24.6 Å². The van der Waals surface area contributed by atoms with Crippen molar-refractivity contribution in [3.8, 4) is 11.5 Å². The lowest BCUT2D eigenvalue weighted by molar-refractivity contribution is -0.139. The van der Waals surface area contributed by atoms with Crippen LogP contribution in [0.1, 0.15) is 66.9 Å². The zero-order valence-electron chi connectivity index (χ0n) is 18.1. The van der Waals surface area contributed by atoms with E-state index in [1.807, 2.05) is 37.3 Å². The maximum Gasteiger partial charge on any atom is 0.303 e. The molecule has 0 atom stereocenters. The Kier molecular flexibility index (Phi) is 7.51. The summed E-state index contributed by atoms with van der Waals surface area (Å²) in [6.07, 6.45) is 1.03. The van der Waals surface area contributed by atoms with Crippen molar-refractivity contribution in [3.05, 3.63) is 59.2 Å². The molecule has 0 bridgehead atoms. The monoisotopic (exact) mass is 440 g/mol. The van der Waals surface area contributed by atoms with Crippen molar-refractivity contribution in [2.75, 3.05) is 0 Å². The van der Waals surface area contributed by atoms with E-state index in [0.717, 1.165) is 17.5 Å². The summed E-state index contributed by atoms with van der Waals surface area (Å²) < 4.78 is 12.4. The van der Waals surface area contributed by atoms with Gasteiger partial charge in [-0.1, -0.05) is 43.7 Å². The molecule has 32 heavy (non-hydrogen) atoms. The summed E-state index contributed by atoms with van der Waals surface area (Å²) in [5, 5.41) is 18.4. The van der Waals surface area contributed by atoms with Gasteiger partial charge in [0.25, 0.3) is 0 Å². The van der Waals surface area contributed by atoms with E-state index in [4.69, 9.17) is 9.47 Å². The number of ketones is 1. The SMILES string of the molecule is CCCc1c(OCc2ccccc2)ccc2c1OC(CCC(=O)O)(CCC(=O)O)CC2=O. The average Bonchev–Trinajstić information content (AvgIpc) is 2.77. The molecule has 0 unspecified atom stereocenters. The van der Waals surface area contributed by atoms with Gasteiger partial charge in [0.2, 0.25) is 0 Å². The van der Waals surface area contributed by atoms with Crippen molar-refractivity contribution < 1.29 is 34.1 Å². The van der Waals surface area contributed by atoms with Gasteiger partial charge in [0.15, 0.2) is 5.78 Å². The van der Waals surface area contributed by atoms with Gasteiger partial charge < -0.3 is 19.7 Å². The lowest BCUT2D eigenvalue weighted by Crippen LogP contribution is -2.43. The molecule has 2 N–H and O–H groups in total. The second kappa shape index (κ2) is 10.3. The van der Waals surface area contributed by atoms with Gasteiger partial charge in [-0.2, -0.15) is 0 Å². The first-order chi connectivity index (χ1) is 15.3. The lowest BCUT2D eigenvalue weighted by atomic mass is 9.82. The van der Waals surface area contributed by atoms with Gasteiger partial charge >= 0.3 is 11.9 Å². The van der Waals surface area contributed by atoms with Gasteiger partial charge in [-0.3, -0.25) is 14.4 Å². The number of Topliss-reactive ketones (excluding diaryl/α,β-unsaturated/α-hetero) is 1. The minimum Gasteiger partial charge on any atom is -0.488 e. The maximum absolute atomic E-state index is 13.0. The molecule has 0 aliphatic carbocycles. The molecular weight excluding hydrogens is 412 g/mol. The Bertz CT molecular complexity index is 963. The van der Waals surface area contributed by atoms with Gasteiger partial charge in [0, 0.05) is 18.4 Å². The second-order valence-electron chi connectivity index (χ2n) is 8.12. The Hall–Kier alpha value is -3.35. The molecular formula is C25H28O7. The molecule has 0 saturated carbocycles. The van der Waals surface area contributed by atoms with Crippen molar-refractivity contribution in [3.63, 3.8) is 0 Å². The summed E-state index contributed by atoms with van der Waals surface area (Å²) in [7, 11) is 0. The van der Waals surface area contributed by atoms with E-state index in [0.29, 0.717) is 30.1 Å². The Balaban J connectivity index is 1.96. The van der Waals surface area contributed by atoms with E-state index < -0.39 is 17.5 Å². The van der Waals surface area contributed by atoms with Gasteiger partial charge in [0.1, 0.15) is 23.7 Å². The highest BCUT2D eigenvalue weighted by Gasteiger charge is 2.42. The predicted octanol–water partition coefficient (Wildman–Crippen LogP) is 4.65. The van der Waals surface area contributed by atoms with Crippen LogP contribution >= 0.6 is 0 Å². The summed E-state index contributed by atoms with van der Waals surface area (Å²) in [5.41, 5.74) is 1.02. The zero-order chi connectivity index (χ0) is 23.1. The highest BCUT2D eigenvalue weighted by Crippen LogP contribution is 2.44. The number of carbonyl (C=O) groups is 3. The predicted molar refractivity (Wildman–Crippen MR) is 117 cm³/mol. The molecule has 2 aromatic rings. The average molecular weight is 440 g/mol. The van der Waals surface area contributed by atoms with E-state index >= 15 is 0 Å². The van der Waals surface area contributed by atoms with E-state index in [1.54, 1.807) is 12.1 Å². The maximum atomic E-state index is 13.0. The molecule has 170 valence electrons. The third-order valence-corrected chi connectivity index (χ3v) is 5.65. The Morgan fingerprint density at radius 2 is 1.69 bits per heavy atom. The molecule has 0 radical (unpaired) electrons. The van der Waals surface area contributed by atoms with Crippen molar-refractivity contribution in [2.24, 2.45) is 0 Å². The number of fused-ring (bicyclic) bond motifs is 1. The van der Waals surface area contributed by atoms with Crippen molar-refractivity contribution in [1.82, 2.24) is 0 Å².